The Balaban J connectivity index is 2.10. The minimum atomic E-state index is 0.419. The summed E-state index contributed by atoms with van der Waals surface area (Å²) in [6, 6.07) is 11.4. The summed E-state index contributed by atoms with van der Waals surface area (Å²) in [6.07, 6.45) is 2.27. The summed E-state index contributed by atoms with van der Waals surface area (Å²) in [5.74, 6) is 0. The molecule has 102 valence electrons. The summed E-state index contributed by atoms with van der Waals surface area (Å²) >= 11 is 5.54. The normalized spacial score (nSPS) is 12.6. The van der Waals surface area contributed by atoms with Gasteiger partial charge in [0.25, 0.3) is 0 Å². The van der Waals surface area contributed by atoms with Crippen LogP contribution in [0.1, 0.15) is 35.4 Å². The van der Waals surface area contributed by atoms with E-state index in [1.165, 1.54) is 20.5 Å². The molecule has 0 amide bonds. The number of hydrogen-bond donors (Lipinski definition) is 1. The average molecular weight is 338 g/mol. The summed E-state index contributed by atoms with van der Waals surface area (Å²) in [4.78, 5) is 1.46. The van der Waals surface area contributed by atoms with Crippen LogP contribution in [-0.2, 0) is 6.42 Å². The van der Waals surface area contributed by atoms with Crippen LogP contribution in [0.5, 0.6) is 0 Å². The van der Waals surface area contributed by atoms with Gasteiger partial charge in [0.1, 0.15) is 0 Å². The van der Waals surface area contributed by atoms with Crippen LogP contribution in [0.2, 0.25) is 0 Å². The minimum Gasteiger partial charge on any atom is -0.310 e. The third kappa shape index (κ3) is 4.16. The number of thiophene rings is 1. The molecule has 0 aliphatic heterocycles. The third-order valence-electron chi connectivity index (χ3n) is 3.24. The van der Waals surface area contributed by atoms with Gasteiger partial charge in [0.05, 0.1) is 0 Å². The fourth-order valence-electron chi connectivity index (χ4n) is 2.27. The average Bonchev–Trinajstić information content (AvgIpc) is 2.88. The number of rotatable bonds is 6. The molecule has 2 rings (SSSR count). The Bertz CT molecular complexity index is 507. The largest absolute Gasteiger partial charge is 0.310 e. The Morgan fingerprint density at radius 1 is 1.32 bits per heavy atom. The highest BCUT2D eigenvalue weighted by atomic mass is 79.9. The first kappa shape index (κ1) is 14.8. The highest BCUT2D eigenvalue weighted by Gasteiger charge is 2.13. The van der Waals surface area contributed by atoms with Crippen LogP contribution in [0.4, 0.5) is 0 Å². The molecule has 3 heteroatoms. The van der Waals surface area contributed by atoms with Crippen LogP contribution < -0.4 is 5.32 Å². The van der Waals surface area contributed by atoms with Crippen molar-refractivity contribution in [3.8, 4) is 0 Å². The predicted octanol–water partition coefficient (Wildman–Crippen LogP) is 5.10. The van der Waals surface area contributed by atoms with Crippen LogP contribution >= 0.6 is 27.3 Å². The summed E-state index contributed by atoms with van der Waals surface area (Å²) in [6.45, 7) is 5.29. The number of hydrogen-bond acceptors (Lipinski definition) is 2. The molecule has 1 aromatic heterocycles. The van der Waals surface area contributed by atoms with E-state index in [2.05, 4.69) is 70.8 Å². The molecule has 2 aromatic rings. The number of nitrogens with one attached hydrogen (secondary N) is 1. The summed E-state index contributed by atoms with van der Waals surface area (Å²) in [7, 11) is 0. The lowest BCUT2D eigenvalue weighted by Gasteiger charge is -2.20. The van der Waals surface area contributed by atoms with Crippen LogP contribution in [0.3, 0.4) is 0 Å². The van der Waals surface area contributed by atoms with Crippen molar-refractivity contribution in [3.05, 3.63) is 56.2 Å². The zero-order chi connectivity index (χ0) is 13.7. The lowest BCUT2D eigenvalue weighted by Crippen LogP contribution is -2.21. The molecule has 19 heavy (non-hydrogen) atoms. The molecule has 1 unspecified atom stereocenters. The lowest BCUT2D eigenvalue weighted by molar-refractivity contribution is 0.515. The Morgan fingerprint density at radius 3 is 2.79 bits per heavy atom. The van der Waals surface area contributed by atoms with E-state index in [1.54, 1.807) is 0 Å². The van der Waals surface area contributed by atoms with Crippen molar-refractivity contribution >= 4 is 27.3 Å². The molecular weight excluding hydrogens is 318 g/mol. The quantitative estimate of drug-likeness (QED) is 0.772. The Kier molecular flexibility index (Phi) is 5.61. The molecule has 0 aliphatic carbocycles. The van der Waals surface area contributed by atoms with Gasteiger partial charge in [0.2, 0.25) is 0 Å². The number of halogens is 1. The highest BCUT2D eigenvalue weighted by Crippen LogP contribution is 2.28. The van der Waals surface area contributed by atoms with E-state index in [4.69, 9.17) is 0 Å². The second kappa shape index (κ2) is 7.22. The molecule has 1 heterocycles. The van der Waals surface area contributed by atoms with Crippen LogP contribution in [0, 0.1) is 6.92 Å². The standard InChI is InChI=1S/C16H20BrNS/c1-3-18-16(9-7-13-5-4-10-19-13)14-8-6-12(2)11-15(14)17/h4-6,8,10-11,16,18H,3,7,9H2,1-2H3. The lowest BCUT2D eigenvalue weighted by atomic mass is 10.0. The maximum absolute atomic E-state index is 3.70. The molecule has 0 saturated carbocycles. The van der Waals surface area contributed by atoms with Crippen molar-refractivity contribution in [1.29, 1.82) is 0 Å². The predicted molar refractivity (Wildman–Crippen MR) is 87.9 cm³/mol. The molecule has 0 fully saturated rings. The molecule has 0 saturated heterocycles. The first-order chi connectivity index (χ1) is 9.20. The monoisotopic (exact) mass is 337 g/mol. The Hall–Kier alpha value is -0.640. The van der Waals surface area contributed by atoms with Gasteiger partial charge >= 0.3 is 0 Å². The van der Waals surface area contributed by atoms with Gasteiger partial charge in [-0.3, -0.25) is 0 Å². The maximum atomic E-state index is 3.70. The van der Waals surface area contributed by atoms with E-state index < -0.39 is 0 Å². The van der Waals surface area contributed by atoms with Crippen molar-refractivity contribution in [2.45, 2.75) is 32.7 Å². The van der Waals surface area contributed by atoms with Gasteiger partial charge in [-0.2, -0.15) is 0 Å². The van der Waals surface area contributed by atoms with E-state index in [0.29, 0.717) is 6.04 Å². The second-order valence-electron chi connectivity index (χ2n) is 4.75. The van der Waals surface area contributed by atoms with E-state index in [9.17, 15) is 0 Å². The van der Waals surface area contributed by atoms with Gasteiger partial charge in [-0.05, 0) is 54.9 Å². The van der Waals surface area contributed by atoms with Crippen molar-refractivity contribution in [1.82, 2.24) is 5.32 Å². The van der Waals surface area contributed by atoms with Crippen LogP contribution in [0.15, 0.2) is 40.2 Å². The molecule has 0 bridgehead atoms. The topological polar surface area (TPSA) is 12.0 Å². The van der Waals surface area contributed by atoms with E-state index in [-0.39, 0.29) is 0 Å². The smallest absolute Gasteiger partial charge is 0.0334 e. The maximum Gasteiger partial charge on any atom is 0.0334 e. The van der Waals surface area contributed by atoms with E-state index in [0.717, 1.165) is 19.4 Å². The number of benzene rings is 1. The van der Waals surface area contributed by atoms with Crippen molar-refractivity contribution in [2.75, 3.05) is 6.54 Å². The molecule has 1 aromatic carbocycles. The number of aryl methyl sites for hydroxylation is 2. The summed E-state index contributed by atoms with van der Waals surface area (Å²) in [5, 5.41) is 5.75. The molecule has 0 spiro atoms. The van der Waals surface area contributed by atoms with Crippen LogP contribution in [0.25, 0.3) is 0 Å². The molecule has 1 N–H and O–H groups in total. The molecule has 0 radical (unpaired) electrons. The Morgan fingerprint density at radius 2 is 2.16 bits per heavy atom. The first-order valence-electron chi connectivity index (χ1n) is 6.72. The summed E-state index contributed by atoms with van der Waals surface area (Å²) < 4.78 is 1.21. The van der Waals surface area contributed by atoms with Crippen molar-refractivity contribution in [2.24, 2.45) is 0 Å². The second-order valence-corrected chi connectivity index (χ2v) is 6.64. The molecular formula is C16H20BrNS. The first-order valence-corrected chi connectivity index (χ1v) is 8.39. The van der Waals surface area contributed by atoms with E-state index >= 15 is 0 Å². The third-order valence-corrected chi connectivity index (χ3v) is 4.86. The fraction of sp³-hybridized carbons (Fsp3) is 0.375. The van der Waals surface area contributed by atoms with Gasteiger partial charge in [-0.1, -0.05) is 41.1 Å². The van der Waals surface area contributed by atoms with Crippen LogP contribution in [-0.4, -0.2) is 6.54 Å². The molecule has 1 nitrogen and oxygen atoms in total. The van der Waals surface area contributed by atoms with Crippen molar-refractivity contribution < 1.29 is 0 Å². The van der Waals surface area contributed by atoms with Gasteiger partial charge in [-0.15, -0.1) is 11.3 Å². The van der Waals surface area contributed by atoms with E-state index in [1.807, 2.05) is 11.3 Å². The SMILES string of the molecule is CCNC(CCc1cccs1)c1ccc(C)cc1Br. The molecule has 0 aliphatic rings. The van der Waals surface area contributed by atoms with Gasteiger partial charge in [0, 0.05) is 15.4 Å². The zero-order valence-electron chi connectivity index (χ0n) is 11.4. The Labute approximate surface area is 128 Å². The summed E-state index contributed by atoms with van der Waals surface area (Å²) in [5.41, 5.74) is 2.66. The zero-order valence-corrected chi connectivity index (χ0v) is 13.9. The highest BCUT2D eigenvalue weighted by molar-refractivity contribution is 9.10. The minimum absolute atomic E-state index is 0.419. The van der Waals surface area contributed by atoms with Gasteiger partial charge < -0.3 is 5.32 Å². The van der Waals surface area contributed by atoms with Gasteiger partial charge in [-0.25, -0.2) is 0 Å². The molecule has 1 atom stereocenters. The van der Waals surface area contributed by atoms with Crippen molar-refractivity contribution in [3.63, 3.8) is 0 Å². The fourth-order valence-corrected chi connectivity index (χ4v) is 3.76. The van der Waals surface area contributed by atoms with Gasteiger partial charge in [0.15, 0.2) is 0 Å².